The largest absolute Gasteiger partial charge is 0.259 e. The van der Waals surface area contributed by atoms with Crippen LogP contribution in [0.5, 0.6) is 0 Å². The Morgan fingerprint density at radius 3 is 2.88 bits per heavy atom. The van der Waals surface area contributed by atoms with Crippen molar-refractivity contribution >= 4 is 17.8 Å². The molecule has 1 aromatic rings. The van der Waals surface area contributed by atoms with E-state index >= 15 is 0 Å². The fraction of sp³-hybridized carbons (Fsp3) is 0.385. The van der Waals surface area contributed by atoms with Crippen LogP contribution in [0.25, 0.3) is 6.08 Å². The normalized spacial score (nSPS) is 10.9. The van der Waals surface area contributed by atoms with E-state index in [9.17, 15) is 10.1 Å². The van der Waals surface area contributed by atoms with E-state index in [0.29, 0.717) is 0 Å². The van der Waals surface area contributed by atoms with Gasteiger partial charge in [0.05, 0.1) is 4.92 Å². The van der Waals surface area contributed by atoms with E-state index in [1.54, 1.807) is 17.8 Å². The van der Waals surface area contributed by atoms with Crippen molar-refractivity contribution in [3.63, 3.8) is 0 Å². The summed E-state index contributed by atoms with van der Waals surface area (Å²) in [5, 5.41) is 10.4. The first-order valence-corrected chi connectivity index (χ1v) is 6.67. The molecule has 0 spiro atoms. The summed E-state index contributed by atoms with van der Waals surface area (Å²) in [5.74, 6) is 1.05. The smallest absolute Gasteiger partial charge is 0.235 e. The van der Waals surface area contributed by atoms with Crippen LogP contribution in [0.3, 0.4) is 0 Å². The van der Waals surface area contributed by atoms with E-state index < -0.39 is 4.92 Å². The summed E-state index contributed by atoms with van der Waals surface area (Å²) in [6.45, 7) is 4.13. The molecule has 0 aliphatic rings. The maximum absolute atomic E-state index is 10.4. The molecule has 0 aliphatic carbocycles. The molecule has 0 unspecified atom stereocenters. The molecule has 0 heterocycles. The first-order valence-electron chi connectivity index (χ1n) is 5.69. The number of aryl methyl sites for hydroxylation is 1. The molecule has 0 aliphatic heterocycles. The van der Waals surface area contributed by atoms with Crippen LogP contribution < -0.4 is 0 Å². The van der Waals surface area contributed by atoms with Crippen molar-refractivity contribution in [2.24, 2.45) is 0 Å². The first-order chi connectivity index (χ1) is 8.15. The second-order valence-electron chi connectivity index (χ2n) is 3.79. The molecule has 0 saturated heterocycles. The van der Waals surface area contributed by atoms with Crippen LogP contribution in [0.2, 0.25) is 0 Å². The van der Waals surface area contributed by atoms with Gasteiger partial charge in [0.25, 0.3) is 0 Å². The molecule has 0 atom stereocenters. The zero-order valence-electron chi connectivity index (χ0n) is 10.2. The van der Waals surface area contributed by atoms with Gasteiger partial charge in [-0.05, 0) is 36.3 Å². The van der Waals surface area contributed by atoms with E-state index in [0.717, 1.165) is 34.4 Å². The lowest BCUT2D eigenvalue weighted by Gasteiger charge is -2.07. The van der Waals surface area contributed by atoms with Crippen LogP contribution in [0, 0.1) is 17.0 Å². The Morgan fingerprint density at radius 1 is 1.47 bits per heavy atom. The Balaban J connectivity index is 2.88. The van der Waals surface area contributed by atoms with E-state index in [1.165, 1.54) is 6.42 Å². The zero-order chi connectivity index (χ0) is 12.7. The van der Waals surface area contributed by atoms with E-state index in [1.807, 2.05) is 25.1 Å². The Bertz CT molecular complexity index is 416. The minimum atomic E-state index is -0.424. The number of nitro groups is 1. The predicted molar refractivity (Wildman–Crippen MR) is 72.8 cm³/mol. The average Bonchev–Trinajstić information content (AvgIpc) is 2.28. The number of rotatable bonds is 6. The van der Waals surface area contributed by atoms with Crippen molar-refractivity contribution < 1.29 is 4.92 Å². The number of thioether (sulfide) groups is 1. The molecule has 17 heavy (non-hydrogen) atoms. The highest BCUT2D eigenvalue weighted by atomic mass is 32.2. The average molecular weight is 251 g/mol. The SMILES string of the molecule is CCCCSc1cccc(C)c1/C=C/[N+](=O)[O-]. The number of benzene rings is 1. The number of hydrogen-bond donors (Lipinski definition) is 0. The predicted octanol–water partition coefficient (Wildman–Crippen LogP) is 4.13. The molecular weight excluding hydrogens is 234 g/mol. The number of hydrogen-bond acceptors (Lipinski definition) is 3. The molecule has 1 aromatic carbocycles. The highest BCUT2D eigenvalue weighted by Gasteiger charge is 2.04. The quantitative estimate of drug-likeness (QED) is 0.330. The molecule has 0 aromatic heterocycles. The summed E-state index contributed by atoms with van der Waals surface area (Å²) in [6, 6.07) is 5.99. The van der Waals surface area contributed by atoms with Crippen molar-refractivity contribution in [1.29, 1.82) is 0 Å². The maximum atomic E-state index is 10.4. The van der Waals surface area contributed by atoms with Gasteiger partial charge in [-0.2, -0.15) is 0 Å². The molecule has 1 rings (SSSR count). The third-order valence-electron chi connectivity index (χ3n) is 2.40. The minimum absolute atomic E-state index is 0.424. The summed E-state index contributed by atoms with van der Waals surface area (Å²) in [6.07, 6.45) is 4.92. The van der Waals surface area contributed by atoms with Crippen LogP contribution in [0.1, 0.15) is 30.9 Å². The molecule has 0 bridgehead atoms. The molecule has 0 amide bonds. The summed E-state index contributed by atoms with van der Waals surface area (Å²) in [5.41, 5.74) is 2.04. The number of nitrogens with zero attached hydrogens (tertiary/aromatic N) is 1. The van der Waals surface area contributed by atoms with Gasteiger partial charge in [0.15, 0.2) is 0 Å². The third kappa shape index (κ3) is 4.61. The van der Waals surface area contributed by atoms with Crippen LogP contribution in [-0.4, -0.2) is 10.7 Å². The van der Waals surface area contributed by atoms with Crippen molar-refractivity contribution in [2.75, 3.05) is 5.75 Å². The zero-order valence-corrected chi connectivity index (χ0v) is 11.0. The van der Waals surface area contributed by atoms with Crippen molar-refractivity contribution in [3.05, 3.63) is 45.6 Å². The molecule has 92 valence electrons. The van der Waals surface area contributed by atoms with E-state index in [-0.39, 0.29) is 0 Å². The van der Waals surface area contributed by atoms with Crippen LogP contribution >= 0.6 is 11.8 Å². The molecular formula is C13H17NO2S. The van der Waals surface area contributed by atoms with Crippen LogP contribution in [-0.2, 0) is 0 Å². The highest BCUT2D eigenvalue weighted by molar-refractivity contribution is 7.99. The van der Waals surface area contributed by atoms with Gasteiger partial charge in [-0.25, -0.2) is 0 Å². The third-order valence-corrected chi connectivity index (χ3v) is 3.56. The summed E-state index contributed by atoms with van der Waals surface area (Å²) in [4.78, 5) is 11.1. The van der Waals surface area contributed by atoms with Crippen molar-refractivity contribution in [3.8, 4) is 0 Å². The maximum Gasteiger partial charge on any atom is 0.235 e. The van der Waals surface area contributed by atoms with Gasteiger partial charge in [-0.3, -0.25) is 10.1 Å². The lowest BCUT2D eigenvalue weighted by atomic mass is 10.1. The van der Waals surface area contributed by atoms with Gasteiger partial charge in [0, 0.05) is 11.0 Å². The summed E-state index contributed by atoms with van der Waals surface area (Å²) < 4.78 is 0. The van der Waals surface area contributed by atoms with E-state index in [2.05, 4.69) is 6.92 Å². The highest BCUT2D eigenvalue weighted by Crippen LogP contribution is 2.27. The second kappa shape index (κ2) is 7.12. The van der Waals surface area contributed by atoms with Crippen LogP contribution in [0.15, 0.2) is 29.3 Å². The fourth-order valence-corrected chi connectivity index (χ4v) is 2.67. The molecule has 0 radical (unpaired) electrons. The minimum Gasteiger partial charge on any atom is -0.259 e. The van der Waals surface area contributed by atoms with Gasteiger partial charge in [0.2, 0.25) is 6.20 Å². The standard InChI is InChI=1S/C13H17NO2S/c1-3-4-10-17-13-7-5-6-11(2)12(13)8-9-14(15)16/h5-9H,3-4,10H2,1-2H3/b9-8+. The monoisotopic (exact) mass is 251 g/mol. The summed E-state index contributed by atoms with van der Waals surface area (Å²) in [7, 11) is 0. The Hall–Kier alpha value is -1.29. The van der Waals surface area contributed by atoms with Crippen LogP contribution in [0.4, 0.5) is 0 Å². The topological polar surface area (TPSA) is 43.1 Å². The van der Waals surface area contributed by atoms with Gasteiger partial charge >= 0.3 is 0 Å². The molecule has 4 heteroatoms. The van der Waals surface area contributed by atoms with Crippen molar-refractivity contribution in [2.45, 2.75) is 31.6 Å². The van der Waals surface area contributed by atoms with Gasteiger partial charge in [-0.1, -0.05) is 25.5 Å². The van der Waals surface area contributed by atoms with Gasteiger partial charge in [-0.15, -0.1) is 11.8 Å². The lowest BCUT2D eigenvalue weighted by Crippen LogP contribution is -1.89. The van der Waals surface area contributed by atoms with Crippen molar-refractivity contribution in [1.82, 2.24) is 0 Å². The molecule has 0 N–H and O–H groups in total. The van der Waals surface area contributed by atoms with Gasteiger partial charge < -0.3 is 0 Å². The Kier molecular flexibility index (Phi) is 5.77. The molecule has 0 saturated carbocycles. The Morgan fingerprint density at radius 2 is 2.24 bits per heavy atom. The number of unbranched alkanes of at least 4 members (excludes halogenated alkanes) is 1. The molecule has 0 fully saturated rings. The van der Waals surface area contributed by atoms with Gasteiger partial charge in [0.1, 0.15) is 0 Å². The fourth-order valence-electron chi connectivity index (χ4n) is 1.46. The van der Waals surface area contributed by atoms with E-state index in [4.69, 9.17) is 0 Å². The Labute approximate surface area is 106 Å². The molecule has 3 nitrogen and oxygen atoms in total. The lowest BCUT2D eigenvalue weighted by molar-refractivity contribution is -0.400. The second-order valence-corrected chi connectivity index (χ2v) is 4.93. The summed E-state index contributed by atoms with van der Waals surface area (Å²) >= 11 is 1.76. The first kappa shape index (κ1) is 13.8.